The number of carbonyl (C=O) groups is 2. The van der Waals surface area contributed by atoms with E-state index >= 15 is 0 Å². The first-order chi connectivity index (χ1) is 9.47. The first-order valence-electron chi connectivity index (χ1n) is 5.93. The summed E-state index contributed by atoms with van der Waals surface area (Å²) in [5.74, 6) is -2.07. The molecule has 1 aromatic rings. The monoisotopic (exact) mass is 284 g/mol. The summed E-state index contributed by atoms with van der Waals surface area (Å²) < 4.78 is 9.59. The van der Waals surface area contributed by atoms with Crippen molar-refractivity contribution in [2.45, 2.75) is 19.1 Å². The molecule has 7 heteroatoms. The van der Waals surface area contributed by atoms with Crippen LogP contribution in [0.15, 0.2) is 24.3 Å². The van der Waals surface area contributed by atoms with Gasteiger partial charge in [0.25, 0.3) is 0 Å². The minimum absolute atomic E-state index is 0.0692. The van der Waals surface area contributed by atoms with Crippen LogP contribution in [-0.4, -0.2) is 46.6 Å². The van der Waals surface area contributed by atoms with Crippen LogP contribution < -0.4 is 4.74 Å². The number of aliphatic hydroxyl groups is 2. The SMILES string of the molecule is CCOC(=O)C(O)C(O)c1ccccc1OCC(=O)O. The first-order valence-corrected chi connectivity index (χ1v) is 5.93. The highest BCUT2D eigenvalue weighted by Gasteiger charge is 2.29. The molecule has 1 rings (SSSR count). The molecule has 0 aliphatic carbocycles. The summed E-state index contributed by atoms with van der Waals surface area (Å²) in [6, 6.07) is 5.98. The minimum Gasteiger partial charge on any atom is -0.482 e. The number of esters is 1. The third kappa shape index (κ3) is 4.22. The molecule has 0 fully saturated rings. The molecular formula is C13H16O7. The predicted molar refractivity (Wildman–Crippen MR) is 67.2 cm³/mol. The molecule has 0 heterocycles. The molecule has 2 unspecified atom stereocenters. The van der Waals surface area contributed by atoms with Gasteiger partial charge in [0.15, 0.2) is 12.7 Å². The molecule has 0 spiro atoms. The highest BCUT2D eigenvalue weighted by atomic mass is 16.5. The van der Waals surface area contributed by atoms with Crippen molar-refractivity contribution >= 4 is 11.9 Å². The second-order valence-electron chi connectivity index (χ2n) is 3.86. The maximum atomic E-state index is 11.4. The van der Waals surface area contributed by atoms with Crippen molar-refractivity contribution < 1.29 is 34.4 Å². The van der Waals surface area contributed by atoms with Crippen molar-refractivity contribution in [2.75, 3.05) is 13.2 Å². The van der Waals surface area contributed by atoms with Crippen molar-refractivity contribution in [3.63, 3.8) is 0 Å². The summed E-state index contributed by atoms with van der Waals surface area (Å²) in [6.07, 6.45) is -3.34. The summed E-state index contributed by atoms with van der Waals surface area (Å²) in [4.78, 5) is 21.8. The Morgan fingerprint density at radius 3 is 2.50 bits per heavy atom. The zero-order valence-corrected chi connectivity index (χ0v) is 10.9. The van der Waals surface area contributed by atoms with Gasteiger partial charge in [-0.1, -0.05) is 18.2 Å². The third-order valence-corrected chi connectivity index (χ3v) is 2.42. The van der Waals surface area contributed by atoms with Gasteiger partial charge in [-0.3, -0.25) is 0 Å². The summed E-state index contributed by atoms with van der Waals surface area (Å²) in [5, 5.41) is 28.2. The van der Waals surface area contributed by atoms with Crippen molar-refractivity contribution in [3.8, 4) is 5.75 Å². The van der Waals surface area contributed by atoms with Gasteiger partial charge >= 0.3 is 11.9 Å². The standard InChI is InChI=1S/C13H16O7/c1-2-19-13(18)12(17)11(16)8-5-3-4-6-9(8)20-7-10(14)15/h3-6,11-12,16-17H,2,7H2,1H3,(H,14,15). The first kappa shape index (κ1) is 15.9. The van der Waals surface area contributed by atoms with Crippen LogP contribution in [0.5, 0.6) is 5.75 Å². The van der Waals surface area contributed by atoms with Crippen LogP contribution in [-0.2, 0) is 14.3 Å². The Labute approximate surface area is 115 Å². The lowest BCUT2D eigenvalue weighted by Crippen LogP contribution is -2.30. The quantitative estimate of drug-likeness (QED) is 0.609. The average Bonchev–Trinajstić information content (AvgIpc) is 2.44. The number of carboxylic acid groups (broad SMARTS) is 1. The molecule has 0 saturated carbocycles. The van der Waals surface area contributed by atoms with Gasteiger partial charge in [-0.2, -0.15) is 0 Å². The van der Waals surface area contributed by atoms with E-state index in [9.17, 15) is 19.8 Å². The van der Waals surface area contributed by atoms with Crippen LogP contribution >= 0.6 is 0 Å². The van der Waals surface area contributed by atoms with Gasteiger partial charge in [-0.15, -0.1) is 0 Å². The Morgan fingerprint density at radius 2 is 1.90 bits per heavy atom. The number of hydrogen-bond donors (Lipinski definition) is 3. The van der Waals surface area contributed by atoms with Crippen molar-refractivity contribution in [1.29, 1.82) is 0 Å². The number of hydrogen-bond acceptors (Lipinski definition) is 6. The number of aliphatic hydroxyl groups excluding tert-OH is 2. The summed E-state index contributed by atoms with van der Waals surface area (Å²) in [5.41, 5.74) is 0.106. The highest BCUT2D eigenvalue weighted by Crippen LogP contribution is 2.27. The van der Waals surface area contributed by atoms with E-state index in [-0.39, 0.29) is 17.9 Å². The van der Waals surface area contributed by atoms with E-state index in [4.69, 9.17) is 9.84 Å². The van der Waals surface area contributed by atoms with Crippen LogP contribution in [0.3, 0.4) is 0 Å². The Hall–Kier alpha value is -2.12. The van der Waals surface area contributed by atoms with E-state index in [0.717, 1.165) is 0 Å². The number of rotatable bonds is 7. The minimum atomic E-state index is -1.77. The number of aliphatic carboxylic acids is 1. The lowest BCUT2D eigenvalue weighted by molar-refractivity contribution is -0.159. The van der Waals surface area contributed by atoms with Gasteiger partial charge in [0.1, 0.15) is 11.9 Å². The molecule has 0 aromatic heterocycles. The molecule has 2 atom stereocenters. The number of carboxylic acids is 1. The molecule has 3 N–H and O–H groups in total. The second-order valence-corrected chi connectivity index (χ2v) is 3.86. The lowest BCUT2D eigenvalue weighted by Gasteiger charge is -2.19. The Kier molecular flexibility index (Phi) is 5.95. The van der Waals surface area contributed by atoms with E-state index < -0.39 is 30.8 Å². The van der Waals surface area contributed by atoms with Gasteiger partial charge < -0.3 is 24.8 Å². The topological polar surface area (TPSA) is 113 Å². The van der Waals surface area contributed by atoms with Gasteiger partial charge in [-0.25, -0.2) is 9.59 Å². The van der Waals surface area contributed by atoms with Gasteiger partial charge in [0.2, 0.25) is 0 Å². The van der Waals surface area contributed by atoms with Gasteiger partial charge in [-0.05, 0) is 13.0 Å². The van der Waals surface area contributed by atoms with Crippen LogP contribution in [0.2, 0.25) is 0 Å². The predicted octanol–water partition coefficient (Wildman–Crippen LogP) is 0.107. The van der Waals surface area contributed by atoms with Crippen LogP contribution in [0.25, 0.3) is 0 Å². The van der Waals surface area contributed by atoms with E-state index in [0.29, 0.717) is 0 Å². The Morgan fingerprint density at radius 1 is 1.25 bits per heavy atom. The summed E-state index contributed by atoms with van der Waals surface area (Å²) in [6.45, 7) is 1.04. The largest absolute Gasteiger partial charge is 0.482 e. The van der Waals surface area contributed by atoms with E-state index in [2.05, 4.69) is 4.74 Å². The summed E-state index contributed by atoms with van der Waals surface area (Å²) in [7, 11) is 0. The number of para-hydroxylation sites is 1. The van der Waals surface area contributed by atoms with Crippen molar-refractivity contribution in [2.24, 2.45) is 0 Å². The fourth-order valence-corrected chi connectivity index (χ4v) is 1.52. The molecule has 0 aliphatic rings. The molecule has 20 heavy (non-hydrogen) atoms. The Bertz CT molecular complexity index is 472. The zero-order chi connectivity index (χ0) is 15.1. The molecule has 110 valence electrons. The molecule has 0 aliphatic heterocycles. The fraction of sp³-hybridized carbons (Fsp3) is 0.385. The summed E-state index contributed by atoms with van der Waals surface area (Å²) >= 11 is 0. The highest BCUT2D eigenvalue weighted by molar-refractivity contribution is 5.75. The lowest BCUT2D eigenvalue weighted by atomic mass is 10.0. The van der Waals surface area contributed by atoms with Gasteiger partial charge in [0, 0.05) is 5.56 Å². The number of ether oxygens (including phenoxy) is 2. The average molecular weight is 284 g/mol. The zero-order valence-electron chi connectivity index (χ0n) is 10.9. The third-order valence-electron chi connectivity index (χ3n) is 2.42. The van der Waals surface area contributed by atoms with E-state index in [1.165, 1.54) is 12.1 Å². The fourth-order valence-electron chi connectivity index (χ4n) is 1.52. The Balaban J connectivity index is 2.88. The van der Waals surface area contributed by atoms with Crippen LogP contribution in [0.4, 0.5) is 0 Å². The second kappa shape index (κ2) is 7.46. The molecule has 1 aromatic carbocycles. The smallest absolute Gasteiger partial charge is 0.341 e. The normalized spacial score (nSPS) is 13.3. The number of benzene rings is 1. The van der Waals surface area contributed by atoms with Crippen molar-refractivity contribution in [1.82, 2.24) is 0 Å². The van der Waals surface area contributed by atoms with Gasteiger partial charge in [0.05, 0.1) is 6.61 Å². The molecule has 0 amide bonds. The molecule has 0 radical (unpaired) electrons. The number of carbonyl (C=O) groups excluding carboxylic acids is 1. The van der Waals surface area contributed by atoms with E-state index in [1.54, 1.807) is 19.1 Å². The van der Waals surface area contributed by atoms with Crippen LogP contribution in [0.1, 0.15) is 18.6 Å². The van der Waals surface area contributed by atoms with Crippen LogP contribution in [0, 0.1) is 0 Å². The maximum Gasteiger partial charge on any atom is 0.341 e. The van der Waals surface area contributed by atoms with E-state index in [1.807, 2.05) is 0 Å². The molecule has 7 nitrogen and oxygen atoms in total. The molecular weight excluding hydrogens is 268 g/mol. The maximum absolute atomic E-state index is 11.4. The molecule has 0 bridgehead atoms. The molecule has 0 saturated heterocycles. The van der Waals surface area contributed by atoms with Crippen molar-refractivity contribution in [3.05, 3.63) is 29.8 Å².